The number of nitrogens with two attached hydrogens (primary N) is 1. The third-order valence-corrected chi connectivity index (χ3v) is 5.81. The van der Waals surface area contributed by atoms with Gasteiger partial charge in [0.1, 0.15) is 29.7 Å². The van der Waals surface area contributed by atoms with Crippen LogP contribution in [0.3, 0.4) is 0 Å². The quantitative estimate of drug-likeness (QED) is 0.241. The molecule has 6 N–H and O–H groups in total. The lowest BCUT2D eigenvalue weighted by Crippen LogP contribution is -2.09. The molecular weight excluding hydrogens is 478 g/mol. The van der Waals surface area contributed by atoms with E-state index >= 15 is 0 Å². The fourth-order valence-electron chi connectivity index (χ4n) is 3.92. The molecule has 1 saturated carbocycles. The van der Waals surface area contributed by atoms with Crippen molar-refractivity contribution in [2.45, 2.75) is 45.3 Å². The van der Waals surface area contributed by atoms with Gasteiger partial charge in [0.25, 0.3) is 12.9 Å². The first kappa shape index (κ1) is 27.0. The molecule has 0 aliphatic heterocycles. The molecule has 12 heteroatoms. The Morgan fingerprint density at radius 3 is 2.43 bits per heavy atom. The number of anilines is 2. The van der Waals surface area contributed by atoms with Crippen LogP contribution < -0.4 is 11.1 Å². The van der Waals surface area contributed by atoms with Gasteiger partial charge in [0.15, 0.2) is 0 Å². The number of carboxylic acid groups (broad SMARTS) is 2. The van der Waals surface area contributed by atoms with E-state index in [1.54, 1.807) is 6.07 Å². The van der Waals surface area contributed by atoms with Crippen LogP contribution in [0.2, 0.25) is 0 Å². The van der Waals surface area contributed by atoms with Crippen molar-refractivity contribution in [1.82, 2.24) is 24.3 Å². The highest BCUT2D eigenvalue weighted by Gasteiger charge is 2.24. The number of fused-ring (bicyclic) bond motifs is 1. The normalized spacial score (nSPS) is 12.9. The number of hydrogen-bond acceptors (Lipinski definition) is 9. The van der Waals surface area contributed by atoms with Crippen LogP contribution in [-0.4, -0.2) is 52.6 Å². The number of nitrogens with one attached hydrogen (secondary N) is 1. The summed E-state index contributed by atoms with van der Waals surface area (Å²) in [4.78, 5) is 34.2. The second kappa shape index (κ2) is 12.4. The Bertz CT molecular complexity index is 1340. The van der Waals surface area contributed by atoms with Crippen molar-refractivity contribution in [3.8, 4) is 0 Å². The number of aliphatic hydroxyl groups excluding tert-OH is 1. The predicted molar refractivity (Wildman–Crippen MR) is 136 cm³/mol. The second-order valence-electron chi connectivity index (χ2n) is 8.39. The summed E-state index contributed by atoms with van der Waals surface area (Å²) in [5.74, 6) is 1.81. The lowest BCUT2D eigenvalue weighted by molar-refractivity contribution is -0.123. The predicted octanol–water partition coefficient (Wildman–Crippen LogP) is 2.69. The highest BCUT2D eigenvalue weighted by atomic mass is 16.3. The van der Waals surface area contributed by atoms with E-state index in [2.05, 4.69) is 37.5 Å². The van der Waals surface area contributed by atoms with Gasteiger partial charge in [0, 0.05) is 30.7 Å². The molecule has 4 aromatic rings. The molecule has 0 radical (unpaired) electrons. The number of nitrogens with zero attached hydrogens (tertiary/aromatic N) is 5. The summed E-state index contributed by atoms with van der Waals surface area (Å²) in [5, 5.41) is 28.0. The average Bonchev–Trinajstić information content (AvgIpc) is 3.62. The van der Waals surface area contributed by atoms with Crippen molar-refractivity contribution >= 4 is 30.2 Å². The summed E-state index contributed by atoms with van der Waals surface area (Å²) in [7, 11) is 0. The number of aromatic nitrogens is 5. The largest absolute Gasteiger partial charge is 0.483 e. The maximum Gasteiger partial charge on any atom is 0.290 e. The Morgan fingerprint density at radius 1 is 1.08 bits per heavy atom. The van der Waals surface area contributed by atoms with Gasteiger partial charge in [-0.2, -0.15) is 0 Å². The zero-order valence-electron chi connectivity index (χ0n) is 20.4. The monoisotopic (exact) mass is 507 g/mol. The van der Waals surface area contributed by atoms with Gasteiger partial charge in [0.05, 0.1) is 11.4 Å². The van der Waals surface area contributed by atoms with Crippen molar-refractivity contribution in [1.29, 1.82) is 0 Å². The molecule has 1 aliphatic carbocycles. The molecule has 0 saturated heterocycles. The van der Waals surface area contributed by atoms with Crippen LogP contribution in [-0.2, 0) is 16.1 Å². The summed E-state index contributed by atoms with van der Waals surface area (Å²) >= 11 is 0. The van der Waals surface area contributed by atoms with Crippen molar-refractivity contribution in [2.24, 2.45) is 0 Å². The Kier molecular flexibility index (Phi) is 9.05. The van der Waals surface area contributed by atoms with E-state index in [9.17, 15) is 5.11 Å². The first-order chi connectivity index (χ1) is 17.8. The second-order valence-corrected chi connectivity index (χ2v) is 8.39. The third kappa shape index (κ3) is 6.98. The van der Waals surface area contributed by atoms with E-state index in [1.165, 1.54) is 24.7 Å². The van der Waals surface area contributed by atoms with Gasteiger partial charge >= 0.3 is 0 Å². The van der Waals surface area contributed by atoms with Crippen LogP contribution in [0.1, 0.15) is 58.6 Å². The standard InChI is InChI=1S/C23H25N7O.2CH2O2/c1-13-7-20(24)28-14(2)17(13)9-25-21-8-18(26-12-27-21)23(31)19-11-30-10-16(15-3-4-15)5-6-22(30)29-19;2*2-1-3/h5-8,10-12,15,23,31H,3-4,9H2,1-2H3,(H2,24,28)(H,25,26,27);2*1H,(H,2,3). The van der Waals surface area contributed by atoms with Crippen LogP contribution >= 0.6 is 0 Å². The first-order valence-electron chi connectivity index (χ1n) is 11.4. The molecule has 1 fully saturated rings. The summed E-state index contributed by atoms with van der Waals surface area (Å²) in [6.07, 6.45) is 6.98. The number of carbonyl (C=O) groups is 2. The summed E-state index contributed by atoms with van der Waals surface area (Å²) in [5.41, 5.74) is 12.0. The van der Waals surface area contributed by atoms with Crippen molar-refractivity contribution in [3.05, 3.63) is 76.8 Å². The Hall–Kier alpha value is -4.58. The molecule has 12 nitrogen and oxygen atoms in total. The molecule has 5 rings (SSSR count). The van der Waals surface area contributed by atoms with Crippen LogP contribution in [0.4, 0.5) is 11.6 Å². The van der Waals surface area contributed by atoms with E-state index in [4.69, 9.17) is 25.5 Å². The molecule has 0 spiro atoms. The van der Waals surface area contributed by atoms with E-state index < -0.39 is 6.10 Å². The Balaban J connectivity index is 0.000000580. The molecule has 1 unspecified atom stereocenters. The molecule has 1 atom stereocenters. The molecule has 37 heavy (non-hydrogen) atoms. The topological polar surface area (TPSA) is 189 Å². The van der Waals surface area contributed by atoms with E-state index in [1.807, 2.05) is 36.6 Å². The Labute approximate surface area is 212 Å². The SMILES string of the molecule is Cc1cc(N)nc(C)c1CNc1cc(C(O)c2cn3cc(C4CC4)ccc3n2)ncn1.O=CO.O=CO. The highest BCUT2D eigenvalue weighted by molar-refractivity contribution is 5.46. The van der Waals surface area contributed by atoms with Gasteiger partial charge in [-0.3, -0.25) is 9.59 Å². The number of hydrogen-bond donors (Lipinski definition) is 5. The fraction of sp³-hybridized carbons (Fsp3) is 0.280. The van der Waals surface area contributed by atoms with Gasteiger partial charge in [-0.1, -0.05) is 6.07 Å². The molecular formula is C25H29N7O5. The van der Waals surface area contributed by atoms with Gasteiger partial charge in [-0.15, -0.1) is 0 Å². The molecule has 4 aromatic heterocycles. The number of rotatable bonds is 6. The molecule has 1 aliphatic rings. The minimum Gasteiger partial charge on any atom is -0.483 e. The minimum atomic E-state index is -0.936. The zero-order chi connectivity index (χ0) is 26.9. The molecule has 4 heterocycles. The number of nitrogen functional groups attached to an aromatic ring is 1. The molecule has 0 amide bonds. The number of pyridine rings is 2. The van der Waals surface area contributed by atoms with Crippen molar-refractivity contribution < 1.29 is 24.9 Å². The highest BCUT2D eigenvalue weighted by Crippen LogP contribution is 2.40. The van der Waals surface area contributed by atoms with E-state index in [0.29, 0.717) is 35.5 Å². The summed E-state index contributed by atoms with van der Waals surface area (Å²) in [6.45, 7) is 4.00. The lowest BCUT2D eigenvalue weighted by Gasteiger charge is -2.13. The van der Waals surface area contributed by atoms with Gasteiger partial charge in [-0.25, -0.2) is 19.9 Å². The van der Waals surface area contributed by atoms with Crippen molar-refractivity contribution in [2.75, 3.05) is 11.1 Å². The van der Waals surface area contributed by atoms with Crippen LogP contribution in [0.15, 0.2) is 43.0 Å². The van der Waals surface area contributed by atoms with Gasteiger partial charge < -0.3 is 30.8 Å². The van der Waals surface area contributed by atoms with E-state index in [0.717, 1.165) is 22.5 Å². The minimum absolute atomic E-state index is 0.250. The smallest absolute Gasteiger partial charge is 0.290 e. The van der Waals surface area contributed by atoms with Crippen LogP contribution in [0.25, 0.3) is 5.65 Å². The van der Waals surface area contributed by atoms with E-state index in [-0.39, 0.29) is 12.9 Å². The zero-order valence-corrected chi connectivity index (χ0v) is 20.4. The maximum absolute atomic E-state index is 10.9. The Morgan fingerprint density at radius 2 is 1.78 bits per heavy atom. The molecule has 194 valence electrons. The average molecular weight is 508 g/mol. The summed E-state index contributed by atoms with van der Waals surface area (Å²) < 4.78 is 1.98. The number of aliphatic hydroxyl groups is 1. The van der Waals surface area contributed by atoms with Crippen LogP contribution in [0, 0.1) is 13.8 Å². The molecule has 0 bridgehead atoms. The number of aryl methyl sites for hydroxylation is 2. The lowest BCUT2D eigenvalue weighted by atomic mass is 10.1. The fourth-order valence-corrected chi connectivity index (χ4v) is 3.92. The third-order valence-electron chi connectivity index (χ3n) is 5.81. The maximum atomic E-state index is 10.9. The first-order valence-corrected chi connectivity index (χ1v) is 11.4. The molecule has 0 aromatic carbocycles. The van der Waals surface area contributed by atoms with Crippen LogP contribution in [0.5, 0.6) is 0 Å². The van der Waals surface area contributed by atoms with Gasteiger partial charge in [-0.05, 0) is 61.4 Å². The van der Waals surface area contributed by atoms with Gasteiger partial charge in [0.2, 0.25) is 0 Å². The number of imidazole rings is 1. The van der Waals surface area contributed by atoms with Crippen molar-refractivity contribution in [3.63, 3.8) is 0 Å². The summed E-state index contributed by atoms with van der Waals surface area (Å²) in [6, 6.07) is 7.73.